The average molecular weight is 361 g/mol. The maximum absolute atomic E-state index is 4.16. The van der Waals surface area contributed by atoms with Crippen LogP contribution in [0, 0.1) is 6.92 Å². The van der Waals surface area contributed by atoms with Crippen molar-refractivity contribution in [2.24, 2.45) is 0 Å². The lowest BCUT2D eigenvalue weighted by Crippen LogP contribution is -2.33. The van der Waals surface area contributed by atoms with Crippen LogP contribution in [-0.2, 0) is 0 Å². The van der Waals surface area contributed by atoms with Gasteiger partial charge in [-0.15, -0.1) is 13.2 Å². The van der Waals surface area contributed by atoms with Gasteiger partial charge in [0.15, 0.2) is 0 Å². The first-order chi connectivity index (χ1) is 12.9. The molecule has 0 bridgehead atoms. The molecule has 0 spiro atoms. The number of aryl methyl sites for hydroxylation is 1. The fourth-order valence-electron chi connectivity index (χ4n) is 3.80. The van der Waals surface area contributed by atoms with E-state index in [4.69, 9.17) is 0 Å². The number of aromatic nitrogens is 1. The number of nitrogens with zero attached hydrogens (tertiary/aromatic N) is 2. The maximum Gasteiger partial charge on any atom is 0.0711 e. The van der Waals surface area contributed by atoms with E-state index in [1.54, 1.807) is 0 Å². The van der Waals surface area contributed by atoms with Crippen LogP contribution in [0.3, 0.4) is 0 Å². The van der Waals surface area contributed by atoms with Crippen LogP contribution in [0.15, 0.2) is 56.6 Å². The Morgan fingerprint density at radius 3 is 2.04 bits per heavy atom. The minimum Gasteiger partial charge on any atom is -0.313 e. The molecule has 0 amide bonds. The molecule has 2 aromatic carbocycles. The van der Waals surface area contributed by atoms with E-state index in [2.05, 4.69) is 101 Å². The molecule has 3 aromatic rings. The second-order valence-corrected chi connectivity index (χ2v) is 6.88. The fourth-order valence-corrected chi connectivity index (χ4v) is 3.80. The zero-order valence-electron chi connectivity index (χ0n) is 17.5. The molecule has 27 heavy (non-hydrogen) atoms. The molecule has 1 aromatic heterocycles. The van der Waals surface area contributed by atoms with E-state index in [0.717, 1.165) is 24.2 Å². The largest absolute Gasteiger partial charge is 0.313 e. The summed E-state index contributed by atoms with van der Waals surface area (Å²) in [6.45, 7) is 27.0. The van der Waals surface area contributed by atoms with Crippen LogP contribution < -0.4 is 5.01 Å². The van der Waals surface area contributed by atoms with Gasteiger partial charge in [-0.1, -0.05) is 36.4 Å². The van der Waals surface area contributed by atoms with Crippen LogP contribution in [0.5, 0.6) is 0 Å². The molecule has 142 valence electrons. The molecule has 0 aliphatic rings. The summed E-state index contributed by atoms with van der Waals surface area (Å²) in [5.41, 5.74) is 8.47. The Bertz CT molecular complexity index is 1000. The summed E-state index contributed by atoms with van der Waals surface area (Å²) in [6.07, 6.45) is 0. The van der Waals surface area contributed by atoms with Crippen molar-refractivity contribution in [3.8, 4) is 0 Å². The Kier molecular flexibility index (Phi) is 6.32. The van der Waals surface area contributed by atoms with Gasteiger partial charge in [0, 0.05) is 23.9 Å². The van der Waals surface area contributed by atoms with Crippen molar-refractivity contribution >= 4 is 33.0 Å². The monoisotopic (exact) mass is 360 g/mol. The normalized spacial score (nSPS) is 10.6. The van der Waals surface area contributed by atoms with E-state index in [9.17, 15) is 0 Å². The third-order valence-electron chi connectivity index (χ3n) is 5.13. The van der Waals surface area contributed by atoms with Crippen molar-refractivity contribution in [2.75, 3.05) is 18.1 Å². The molecule has 1 heterocycles. The van der Waals surface area contributed by atoms with Crippen LogP contribution >= 0.6 is 0 Å². The lowest BCUT2D eigenvalue weighted by atomic mass is 9.97. The standard InChI is InChI=1S/C23H28N2.C2H4/c1-8-24(9-2)25-21-12-10-18(15(3)4)14-20(21)23-17(7)19(16(5)6)11-13-22(23)25;1-2/h10-14H,3,5,8-9H2,1-2,4,6-7H3;1-2H2. The van der Waals surface area contributed by atoms with Crippen molar-refractivity contribution in [3.63, 3.8) is 0 Å². The number of benzene rings is 2. The number of hydrogen-bond acceptors (Lipinski definition) is 1. The van der Waals surface area contributed by atoms with E-state index < -0.39 is 0 Å². The van der Waals surface area contributed by atoms with Gasteiger partial charge in [-0.2, -0.15) is 0 Å². The molecule has 0 unspecified atom stereocenters. The lowest BCUT2D eigenvalue weighted by molar-refractivity contribution is 0.656. The minimum atomic E-state index is 0.971. The smallest absolute Gasteiger partial charge is 0.0711 e. The van der Waals surface area contributed by atoms with Gasteiger partial charge in [0.25, 0.3) is 0 Å². The minimum absolute atomic E-state index is 0.971. The SMILES string of the molecule is C=C.C=C(C)c1ccc2c(c1)c1c(C)c(C(=C)C)ccc1n2N(CC)CC. The predicted molar refractivity (Wildman–Crippen MR) is 124 cm³/mol. The van der Waals surface area contributed by atoms with Crippen LogP contribution in [0.4, 0.5) is 0 Å². The average Bonchev–Trinajstić information content (AvgIpc) is 2.99. The summed E-state index contributed by atoms with van der Waals surface area (Å²) in [5, 5.41) is 5.00. The van der Waals surface area contributed by atoms with Crippen molar-refractivity contribution in [1.82, 2.24) is 4.68 Å². The van der Waals surface area contributed by atoms with Gasteiger partial charge in [-0.3, -0.25) is 4.68 Å². The molecule has 2 heteroatoms. The second kappa shape index (κ2) is 8.30. The van der Waals surface area contributed by atoms with Crippen LogP contribution in [-0.4, -0.2) is 17.8 Å². The molecule has 3 rings (SSSR count). The van der Waals surface area contributed by atoms with Gasteiger partial charge in [-0.05, 0) is 69.5 Å². The topological polar surface area (TPSA) is 8.17 Å². The quantitative estimate of drug-likeness (QED) is 0.447. The third kappa shape index (κ3) is 3.44. The molecule has 0 atom stereocenters. The maximum atomic E-state index is 4.16. The number of fused-ring (bicyclic) bond motifs is 3. The Morgan fingerprint density at radius 1 is 0.926 bits per heavy atom. The van der Waals surface area contributed by atoms with Crippen LogP contribution in [0.25, 0.3) is 33.0 Å². The number of rotatable bonds is 5. The molecule has 0 aliphatic carbocycles. The highest BCUT2D eigenvalue weighted by molar-refractivity contribution is 6.11. The zero-order valence-corrected chi connectivity index (χ0v) is 17.5. The van der Waals surface area contributed by atoms with E-state index >= 15 is 0 Å². The summed E-state index contributed by atoms with van der Waals surface area (Å²) < 4.78 is 2.38. The zero-order chi connectivity index (χ0) is 20.3. The molecular weight excluding hydrogens is 328 g/mol. The molecule has 0 saturated heterocycles. The van der Waals surface area contributed by atoms with Gasteiger partial charge in [0.05, 0.1) is 11.0 Å². The van der Waals surface area contributed by atoms with Gasteiger partial charge in [0.2, 0.25) is 0 Å². The van der Waals surface area contributed by atoms with E-state index in [1.165, 1.54) is 38.5 Å². The Labute approximate surface area is 164 Å². The van der Waals surface area contributed by atoms with Gasteiger partial charge in [0.1, 0.15) is 0 Å². The third-order valence-corrected chi connectivity index (χ3v) is 5.13. The fraction of sp³-hybridized carbons (Fsp3) is 0.280. The van der Waals surface area contributed by atoms with Gasteiger partial charge in [-0.25, -0.2) is 0 Å². The highest BCUT2D eigenvalue weighted by atomic mass is 15.5. The molecule has 0 aliphatic heterocycles. The summed E-state index contributed by atoms with van der Waals surface area (Å²) in [7, 11) is 0. The molecule has 0 fully saturated rings. The van der Waals surface area contributed by atoms with E-state index in [-0.39, 0.29) is 0 Å². The van der Waals surface area contributed by atoms with Crippen LogP contribution in [0.2, 0.25) is 0 Å². The van der Waals surface area contributed by atoms with Crippen molar-refractivity contribution < 1.29 is 0 Å². The first-order valence-corrected chi connectivity index (χ1v) is 9.55. The summed E-state index contributed by atoms with van der Waals surface area (Å²) >= 11 is 0. The van der Waals surface area contributed by atoms with Gasteiger partial charge >= 0.3 is 0 Å². The van der Waals surface area contributed by atoms with E-state index in [1.807, 2.05) is 0 Å². The highest BCUT2D eigenvalue weighted by Gasteiger charge is 2.18. The van der Waals surface area contributed by atoms with Crippen LogP contribution in [0.1, 0.15) is 44.4 Å². The Hall–Kier alpha value is -2.74. The molecule has 0 radical (unpaired) electrons. The molecule has 0 N–H and O–H groups in total. The summed E-state index contributed by atoms with van der Waals surface area (Å²) in [5.74, 6) is 0. The number of allylic oxidation sites excluding steroid dienone is 2. The first kappa shape index (κ1) is 20.6. The highest BCUT2D eigenvalue weighted by Crippen LogP contribution is 2.36. The molecule has 0 saturated carbocycles. The second-order valence-electron chi connectivity index (χ2n) is 6.88. The number of hydrogen-bond donors (Lipinski definition) is 0. The Balaban J connectivity index is 0.00000126. The van der Waals surface area contributed by atoms with Crippen molar-refractivity contribution in [1.29, 1.82) is 0 Å². The first-order valence-electron chi connectivity index (χ1n) is 9.55. The molecular formula is C25H32N2. The summed E-state index contributed by atoms with van der Waals surface area (Å²) in [6, 6.07) is 11.1. The van der Waals surface area contributed by atoms with Crippen molar-refractivity contribution in [2.45, 2.75) is 34.6 Å². The predicted octanol–water partition coefficient (Wildman–Crippen LogP) is 6.95. The van der Waals surface area contributed by atoms with Crippen molar-refractivity contribution in [3.05, 3.63) is 73.3 Å². The lowest BCUT2D eigenvalue weighted by Gasteiger charge is -2.25. The summed E-state index contributed by atoms with van der Waals surface area (Å²) in [4.78, 5) is 0. The van der Waals surface area contributed by atoms with E-state index in [0.29, 0.717) is 0 Å². The molecule has 2 nitrogen and oxygen atoms in total. The van der Waals surface area contributed by atoms with Gasteiger partial charge < -0.3 is 5.01 Å². The Morgan fingerprint density at radius 2 is 1.52 bits per heavy atom.